The van der Waals surface area contributed by atoms with E-state index < -0.39 is 5.54 Å². The van der Waals surface area contributed by atoms with Gasteiger partial charge in [-0.25, -0.2) is 4.39 Å². The van der Waals surface area contributed by atoms with E-state index in [-0.39, 0.29) is 23.7 Å². The molecule has 3 nitrogen and oxygen atoms in total. The quantitative estimate of drug-likeness (QED) is 0.860. The SMILES string of the molecule is CC(NC(=O)C(C)(N)C1CC1)c1ccc(F)cc1. The number of halogens is 1. The van der Waals surface area contributed by atoms with Gasteiger partial charge in [-0.2, -0.15) is 0 Å². The van der Waals surface area contributed by atoms with Crippen molar-refractivity contribution in [1.82, 2.24) is 5.32 Å². The van der Waals surface area contributed by atoms with E-state index in [9.17, 15) is 9.18 Å². The van der Waals surface area contributed by atoms with Crippen molar-refractivity contribution in [3.05, 3.63) is 35.6 Å². The summed E-state index contributed by atoms with van der Waals surface area (Å²) in [6, 6.07) is 5.96. The van der Waals surface area contributed by atoms with E-state index >= 15 is 0 Å². The maximum absolute atomic E-state index is 12.8. The van der Waals surface area contributed by atoms with Crippen LogP contribution < -0.4 is 11.1 Å². The van der Waals surface area contributed by atoms with Gasteiger partial charge in [0, 0.05) is 0 Å². The molecule has 2 atom stereocenters. The Labute approximate surface area is 107 Å². The summed E-state index contributed by atoms with van der Waals surface area (Å²) in [4.78, 5) is 12.1. The van der Waals surface area contributed by atoms with Crippen LogP contribution in [0.15, 0.2) is 24.3 Å². The van der Waals surface area contributed by atoms with E-state index in [1.165, 1.54) is 12.1 Å². The van der Waals surface area contributed by atoms with Gasteiger partial charge in [0.2, 0.25) is 5.91 Å². The lowest BCUT2D eigenvalue weighted by atomic mass is 9.95. The third-order valence-electron chi connectivity index (χ3n) is 3.63. The Morgan fingerprint density at radius 2 is 2.00 bits per heavy atom. The first-order chi connectivity index (χ1) is 8.41. The van der Waals surface area contributed by atoms with Gasteiger partial charge in [-0.15, -0.1) is 0 Å². The fourth-order valence-corrected chi connectivity index (χ4v) is 2.06. The Bertz CT molecular complexity index is 438. The zero-order valence-corrected chi connectivity index (χ0v) is 10.7. The van der Waals surface area contributed by atoms with E-state index in [1.54, 1.807) is 19.1 Å². The molecular formula is C14H19FN2O. The summed E-state index contributed by atoms with van der Waals surface area (Å²) in [6.07, 6.45) is 2.04. The van der Waals surface area contributed by atoms with Crippen LogP contribution in [0.5, 0.6) is 0 Å². The van der Waals surface area contributed by atoms with Gasteiger partial charge in [0.15, 0.2) is 0 Å². The molecular weight excluding hydrogens is 231 g/mol. The minimum Gasteiger partial charge on any atom is -0.348 e. The van der Waals surface area contributed by atoms with Crippen molar-refractivity contribution in [2.24, 2.45) is 11.7 Å². The Morgan fingerprint density at radius 3 is 2.50 bits per heavy atom. The molecule has 1 aromatic rings. The average molecular weight is 250 g/mol. The number of carbonyl (C=O) groups is 1. The van der Waals surface area contributed by atoms with Gasteiger partial charge in [0.1, 0.15) is 5.82 Å². The molecule has 0 saturated heterocycles. The lowest BCUT2D eigenvalue weighted by Gasteiger charge is -2.26. The van der Waals surface area contributed by atoms with Crippen molar-refractivity contribution in [3.63, 3.8) is 0 Å². The number of benzene rings is 1. The molecule has 18 heavy (non-hydrogen) atoms. The van der Waals surface area contributed by atoms with Crippen molar-refractivity contribution < 1.29 is 9.18 Å². The van der Waals surface area contributed by atoms with Crippen LogP contribution in [0.25, 0.3) is 0 Å². The third kappa shape index (κ3) is 2.70. The minimum atomic E-state index is -0.797. The summed E-state index contributed by atoms with van der Waals surface area (Å²) in [7, 11) is 0. The van der Waals surface area contributed by atoms with Crippen LogP contribution in [-0.2, 0) is 4.79 Å². The van der Waals surface area contributed by atoms with E-state index in [0.29, 0.717) is 0 Å². The number of hydrogen-bond donors (Lipinski definition) is 2. The monoisotopic (exact) mass is 250 g/mol. The molecule has 0 heterocycles. The van der Waals surface area contributed by atoms with Crippen LogP contribution >= 0.6 is 0 Å². The lowest BCUT2D eigenvalue weighted by Crippen LogP contribution is -2.53. The highest BCUT2D eigenvalue weighted by Gasteiger charge is 2.44. The zero-order chi connectivity index (χ0) is 13.3. The second-order valence-electron chi connectivity index (χ2n) is 5.30. The summed E-state index contributed by atoms with van der Waals surface area (Å²) >= 11 is 0. The standard InChI is InChI=1S/C14H19FN2O/c1-9(10-3-7-12(15)8-4-10)17-13(18)14(2,16)11-5-6-11/h3-4,7-9,11H,5-6,16H2,1-2H3,(H,17,18). The summed E-state index contributed by atoms with van der Waals surface area (Å²) < 4.78 is 12.8. The van der Waals surface area contributed by atoms with Crippen molar-refractivity contribution >= 4 is 5.91 Å². The summed E-state index contributed by atoms with van der Waals surface area (Å²) in [5, 5.41) is 2.89. The molecule has 1 fully saturated rings. The minimum absolute atomic E-state index is 0.137. The number of rotatable bonds is 4. The van der Waals surface area contributed by atoms with E-state index in [1.807, 2.05) is 6.92 Å². The van der Waals surface area contributed by atoms with Crippen molar-refractivity contribution in [2.45, 2.75) is 38.3 Å². The van der Waals surface area contributed by atoms with Crippen LogP contribution in [0.2, 0.25) is 0 Å². The van der Waals surface area contributed by atoms with Gasteiger partial charge in [-0.05, 0) is 50.3 Å². The van der Waals surface area contributed by atoms with Crippen LogP contribution in [0, 0.1) is 11.7 Å². The van der Waals surface area contributed by atoms with Crippen LogP contribution in [0.1, 0.15) is 38.3 Å². The number of carbonyl (C=O) groups excluding carboxylic acids is 1. The van der Waals surface area contributed by atoms with Gasteiger partial charge >= 0.3 is 0 Å². The fraction of sp³-hybridized carbons (Fsp3) is 0.500. The summed E-state index contributed by atoms with van der Waals surface area (Å²) in [5.41, 5.74) is 6.12. The van der Waals surface area contributed by atoms with Crippen molar-refractivity contribution in [2.75, 3.05) is 0 Å². The highest BCUT2D eigenvalue weighted by atomic mass is 19.1. The Hall–Kier alpha value is -1.42. The molecule has 0 aromatic heterocycles. The fourth-order valence-electron chi connectivity index (χ4n) is 2.06. The topological polar surface area (TPSA) is 55.1 Å². The van der Waals surface area contributed by atoms with E-state index in [2.05, 4.69) is 5.32 Å². The second-order valence-corrected chi connectivity index (χ2v) is 5.30. The average Bonchev–Trinajstić information content (AvgIpc) is 3.13. The van der Waals surface area contributed by atoms with Crippen molar-refractivity contribution in [3.8, 4) is 0 Å². The molecule has 1 saturated carbocycles. The highest BCUT2D eigenvalue weighted by Crippen LogP contribution is 2.38. The molecule has 98 valence electrons. The number of hydrogen-bond acceptors (Lipinski definition) is 2. The molecule has 3 N–H and O–H groups in total. The Morgan fingerprint density at radius 1 is 1.44 bits per heavy atom. The smallest absolute Gasteiger partial charge is 0.240 e. The van der Waals surface area contributed by atoms with E-state index in [0.717, 1.165) is 18.4 Å². The normalized spacial score (nSPS) is 20.0. The first-order valence-electron chi connectivity index (χ1n) is 6.26. The van der Waals surface area contributed by atoms with Crippen LogP contribution in [-0.4, -0.2) is 11.4 Å². The van der Waals surface area contributed by atoms with Gasteiger partial charge in [-0.1, -0.05) is 12.1 Å². The third-order valence-corrected chi connectivity index (χ3v) is 3.63. The van der Waals surface area contributed by atoms with Crippen LogP contribution in [0.3, 0.4) is 0 Å². The summed E-state index contributed by atoms with van der Waals surface area (Å²) in [6.45, 7) is 3.64. The Kier molecular flexibility index (Phi) is 3.39. The second kappa shape index (κ2) is 4.69. The number of amides is 1. The largest absolute Gasteiger partial charge is 0.348 e. The molecule has 1 aliphatic carbocycles. The first-order valence-corrected chi connectivity index (χ1v) is 6.26. The number of nitrogens with two attached hydrogens (primary N) is 1. The van der Waals surface area contributed by atoms with Gasteiger partial charge in [-0.3, -0.25) is 4.79 Å². The van der Waals surface area contributed by atoms with Crippen LogP contribution in [0.4, 0.5) is 4.39 Å². The van der Waals surface area contributed by atoms with E-state index in [4.69, 9.17) is 5.73 Å². The van der Waals surface area contributed by atoms with Gasteiger partial charge < -0.3 is 11.1 Å². The van der Waals surface area contributed by atoms with Gasteiger partial charge in [0.05, 0.1) is 11.6 Å². The molecule has 0 aliphatic heterocycles. The highest BCUT2D eigenvalue weighted by molar-refractivity contribution is 5.86. The van der Waals surface area contributed by atoms with Crippen molar-refractivity contribution in [1.29, 1.82) is 0 Å². The molecule has 1 amide bonds. The molecule has 0 radical (unpaired) electrons. The first kappa shape index (κ1) is 13.0. The maximum atomic E-state index is 12.8. The number of nitrogens with one attached hydrogen (secondary N) is 1. The molecule has 0 spiro atoms. The molecule has 4 heteroatoms. The molecule has 2 rings (SSSR count). The zero-order valence-electron chi connectivity index (χ0n) is 10.7. The molecule has 1 aromatic carbocycles. The molecule has 1 aliphatic rings. The molecule has 0 bridgehead atoms. The molecule has 2 unspecified atom stereocenters. The Balaban J connectivity index is 2.00. The summed E-state index contributed by atoms with van der Waals surface area (Å²) in [5.74, 6) is -0.126. The lowest BCUT2D eigenvalue weighted by molar-refractivity contribution is -0.127. The van der Waals surface area contributed by atoms with Gasteiger partial charge in [0.25, 0.3) is 0 Å². The predicted octanol–water partition coefficient (Wildman–Crippen LogP) is 2.13. The maximum Gasteiger partial charge on any atom is 0.240 e. The predicted molar refractivity (Wildman–Crippen MR) is 68.3 cm³/mol.